The van der Waals surface area contributed by atoms with Gasteiger partial charge in [0.25, 0.3) is 0 Å². The van der Waals surface area contributed by atoms with Crippen molar-refractivity contribution in [2.24, 2.45) is 0 Å². The van der Waals surface area contributed by atoms with Gasteiger partial charge in [-0.25, -0.2) is 9.97 Å². The number of benzene rings is 1. The number of fused-ring (bicyclic) bond motifs is 3. The lowest BCUT2D eigenvalue weighted by Crippen LogP contribution is -2.17. The van der Waals surface area contributed by atoms with E-state index in [1.54, 1.807) is 19.2 Å². The molecule has 0 bridgehead atoms. The second-order valence-electron chi connectivity index (χ2n) is 4.94. The van der Waals surface area contributed by atoms with Crippen molar-refractivity contribution in [2.45, 2.75) is 19.3 Å². The third-order valence-corrected chi connectivity index (χ3v) is 3.65. The zero-order valence-electron chi connectivity index (χ0n) is 11.6. The van der Waals surface area contributed by atoms with E-state index >= 15 is 0 Å². The first kappa shape index (κ1) is 15.1. The fourth-order valence-electron chi connectivity index (χ4n) is 2.58. The smallest absolute Gasteiger partial charge is 0.327 e. The molecule has 2 heterocycles. The molecule has 1 N–H and O–H groups in total. The van der Waals surface area contributed by atoms with Crippen molar-refractivity contribution in [1.82, 2.24) is 19.9 Å². The van der Waals surface area contributed by atoms with Gasteiger partial charge in [-0.2, -0.15) is 13.2 Å². The second kappa shape index (κ2) is 5.40. The van der Waals surface area contributed by atoms with Crippen LogP contribution in [0.2, 0.25) is 5.15 Å². The average molecular weight is 329 g/mol. The highest BCUT2D eigenvalue weighted by molar-refractivity contribution is 6.34. The highest BCUT2D eigenvalue weighted by atomic mass is 35.5. The summed E-state index contributed by atoms with van der Waals surface area (Å²) in [5, 5.41) is 3.66. The molecule has 0 atom stereocenters. The molecule has 0 saturated carbocycles. The molecular weight excluding hydrogens is 317 g/mol. The summed E-state index contributed by atoms with van der Waals surface area (Å²) in [6.07, 6.45) is -3.10. The van der Waals surface area contributed by atoms with E-state index in [4.69, 9.17) is 11.6 Å². The van der Waals surface area contributed by atoms with Crippen LogP contribution in [0, 0.1) is 0 Å². The Bertz CT molecular complexity index is 841. The van der Waals surface area contributed by atoms with Crippen LogP contribution in [0.5, 0.6) is 0 Å². The van der Waals surface area contributed by atoms with Crippen molar-refractivity contribution in [3.63, 3.8) is 0 Å². The topological polar surface area (TPSA) is 42.7 Å². The number of nitrogens with one attached hydrogen (secondary N) is 1. The van der Waals surface area contributed by atoms with Crippen LogP contribution in [0.15, 0.2) is 24.5 Å². The molecule has 22 heavy (non-hydrogen) atoms. The van der Waals surface area contributed by atoms with Crippen LogP contribution < -0.4 is 5.32 Å². The molecule has 116 valence electrons. The van der Waals surface area contributed by atoms with Crippen LogP contribution in [0.3, 0.4) is 0 Å². The Hall–Kier alpha value is -1.86. The van der Waals surface area contributed by atoms with E-state index in [1.165, 1.54) is 6.33 Å². The van der Waals surface area contributed by atoms with E-state index in [0.29, 0.717) is 23.0 Å². The van der Waals surface area contributed by atoms with Gasteiger partial charge < -0.3 is 9.88 Å². The van der Waals surface area contributed by atoms with Crippen molar-refractivity contribution in [3.05, 3.63) is 35.2 Å². The summed E-state index contributed by atoms with van der Waals surface area (Å²) < 4.78 is 39.8. The summed E-state index contributed by atoms with van der Waals surface area (Å²) >= 11 is 6.01. The van der Waals surface area contributed by atoms with E-state index in [0.717, 1.165) is 10.1 Å². The van der Waals surface area contributed by atoms with Crippen LogP contribution in [0.25, 0.3) is 21.9 Å². The van der Waals surface area contributed by atoms with E-state index in [2.05, 4.69) is 15.3 Å². The highest BCUT2D eigenvalue weighted by Gasteiger charge is 2.30. The van der Waals surface area contributed by atoms with Crippen molar-refractivity contribution in [2.75, 3.05) is 7.05 Å². The second-order valence-corrected chi connectivity index (χ2v) is 5.30. The molecule has 3 rings (SSSR count). The number of aromatic nitrogens is 3. The van der Waals surface area contributed by atoms with Gasteiger partial charge in [-0.3, -0.25) is 0 Å². The Morgan fingerprint density at radius 3 is 2.73 bits per heavy atom. The highest BCUT2D eigenvalue weighted by Crippen LogP contribution is 2.33. The molecule has 0 spiro atoms. The minimum Gasteiger partial charge on any atom is -0.327 e. The summed E-state index contributed by atoms with van der Waals surface area (Å²) in [4.78, 5) is 7.92. The molecule has 0 saturated heterocycles. The predicted octanol–water partition coefficient (Wildman–Crippen LogP) is 3.52. The molecule has 1 aromatic carbocycles. The number of rotatable bonds is 3. The fraction of sp³-hybridized carbons (Fsp3) is 0.286. The van der Waals surface area contributed by atoms with Gasteiger partial charge in [0.1, 0.15) is 23.9 Å². The number of nitrogens with zero attached hydrogens (tertiary/aromatic N) is 3. The Kier molecular flexibility index (Phi) is 3.70. The number of alkyl halides is 3. The number of halogens is 4. The van der Waals surface area contributed by atoms with Crippen molar-refractivity contribution in [3.8, 4) is 0 Å². The van der Waals surface area contributed by atoms with Crippen LogP contribution in [-0.4, -0.2) is 27.8 Å². The molecule has 0 aliphatic heterocycles. The fourth-order valence-corrected chi connectivity index (χ4v) is 2.82. The van der Waals surface area contributed by atoms with Gasteiger partial charge in [-0.15, -0.1) is 0 Å². The van der Waals surface area contributed by atoms with E-state index < -0.39 is 12.7 Å². The van der Waals surface area contributed by atoms with Gasteiger partial charge in [0.15, 0.2) is 5.15 Å². The van der Waals surface area contributed by atoms with E-state index in [9.17, 15) is 13.2 Å². The molecule has 0 radical (unpaired) electrons. The molecule has 0 aliphatic rings. The minimum atomic E-state index is -4.36. The van der Waals surface area contributed by atoms with Crippen LogP contribution >= 0.6 is 11.6 Å². The summed E-state index contributed by atoms with van der Waals surface area (Å²) in [5.41, 5.74) is 2.03. The van der Waals surface area contributed by atoms with Gasteiger partial charge >= 0.3 is 6.18 Å². The van der Waals surface area contributed by atoms with Crippen molar-refractivity contribution >= 4 is 33.5 Å². The lowest BCUT2D eigenvalue weighted by Gasteiger charge is -2.11. The molecular formula is C14H12ClF3N4. The largest absolute Gasteiger partial charge is 0.406 e. The Labute approximate surface area is 128 Å². The van der Waals surface area contributed by atoms with E-state index in [1.807, 2.05) is 6.07 Å². The van der Waals surface area contributed by atoms with Crippen molar-refractivity contribution in [1.29, 1.82) is 0 Å². The third-order valence-electron chi connectivity index (χ3n) is 3.37. The summed E-state index contributed by atoms with van der Waals surface area (Å²) in [7, 11) is 1.80. The van der Waals surface area contributed by atoms with Crippen LogP contribution in [-0.2, 0) is 13.1 Å². The minimum absolute atomic E-state index is 0.0145. The first-order chi connectivity index (χ1) is 10.4. The zero-order chi connectivity index (χ0) is 15.9. The Morgan fingerprint density at radius 2 is 2.05 bits per heavy atom. The maximum Gasteiger partial charge on any atom is 0.406 e. The predicted molar refractivity (Wildman–Crippen MR) is 78.9 cm³/mol. The number of hydrogen-bond acceptors (Lipinski definition) is 3. The first-order valence-electron chi connectivity index (χ1n) is 6.53. The monoisotopic (exact) mass is 328 g/mol. The van der Waals surface area contributed by atoms with Gasteiger partial charge in [0.2, 0.25) is 0 Å². The first-order valence-corrected chi connectivity index (χ1v) is 6.91. The lowest BCUT2D eigenvalue weighted by molar-refractivity contribution is -0.139. The normalized spacial score (nSPS) is 12.4. The van der Waals surface area contributed by atoms with Crippen molar-refractivity contribution < 1.29 is 13.2 Å². The molecule has 3 aromatic rings. The standard InChI is InChI=1S/C14H12ClF3N4/c1-19-5-8-2-3-10-9(4-8)11-12(13(15)21-7-20-11)22(10)6-14(16,17)18/h2-4,7,19H,5-6H2,1H3. The summed E-state index contributed by atoms with van der Waals surface area (Å²) in [6.45, 7) is -0.522. The summed E-state index contributed by atoms with van der Waals surface area (Å²) in [6, 6.07) is 5.27. The van der Waals surface area contributed by atoms with Gasteiger partial charge in [-0.05, 0) is 24.7 Å². The Balaban J connectivity index is 2.34. The number of hydrogen-bond donors (Lipinski definition) is 1. The maximum absolute atomic E-state index is 12.9. The van der Waals surface area contributed by atoms with Gasteiger partial charge in [0.05, 0.1) is 5.52 Å². The molecule has 0 unspecified atom stereocenters. The quantitative estimate of drug-likeness (QED) is 0.748. The van der Waals surface area contributed by atoms with Gasteiger partial charge in [0, 0.05) is 11.9 Å². The molecule has 0 aliphatic carbocycles. The van der Waals surface area contributed by atoms with E-state index in [-0.39, 0.29) is 10.7 Å². The van der Waals surface area contributed by atoms with Gasteiger partial charge in [-0.1, -0.05) is 17.7 Å². The Morgan fingerprint density at radius 1 is 1.27 bits per heavy atom. The molecule has 8 heteroatoms. The van der Waals surface area contributed by atoms with Crippen LogP contribution in [0.1, 0.15) is 5.56 Å². The third kappa shape index (κ3) is 2.62. The molecule has 0 amide bonds. The lowest BCUT2D eigenvalue weighted by atomic mass is 10.1. The molecule has 4 nitrogen and oxygen atoms in total. The average Bonchev–Trinajstić information content (AvgIpc) is 2.73. The van der Waals surface area contributed by atoms with Crippen LogP contribution in [0.4, 0.5) is 13.2 Å². The zero-order valence-corrected chi connectivity index (χ0v) is 12.3. The SMILES string of the molecule is CNCc1ccc2c(c1)c1ncnc(Cl)c1n2CC(F)(F)F. The maximum atomic E-state index is 12.9. The molecule has 2 aromatic heterocycles. The molecule has 0 fully saturated rings. The summed E-state index contributed by atoms with van der Waals surface area (Å²) in [5.74, 6) is 0.